The first-order valence-electron chi connectivity index (χ1n) is 10.4. The molecular formula is C21H24N6O5. The van der Waals surface area contributed by atoms with Crippen LogP contribution in [0, 0.1) is 23.0 Å². The summed E-state index contributed by atoms with van der Waals surface area (Å²) in [6, 6.07) is 6.80. The molecule has 1 aromatic carbocycles. The first-order valence-corrected chi connectivity index (χ1v) is 10.4. The van der Waals surface area contributed by atoms with Crippen molar-refractivity contribution in [2.75, 3.05) is 11.9 Å². The lowest BCUT2D eigenvalue weighted by molar-refractivity contribution is -0.384. The Bertz CT molecular complexity index is 1080. The molecule has 2 heterocycles. The maximum atomic E-state index is 13.0. The summed E-state index contributed by atoms with van der Waals surface area (Å²) in [5.74, 6) is -0.0670. The van der Waals surface area contributed by atoms with Gasteiger partial charge in [0.15, 0.2) is 0 Å². The number of rotatable bonds is 5. The molecular weight excluding hydrogens is 416 g/mol. The van der Waals surface area contributed by atoms with Gasteiger partial charge < -0.3 is 10.6 Å². The van der Waals surface area contributed by atoms with Gasteiger partial charge in [0.1, 0.15) is 17.9 Å². The second-order valence-corrected chi connectivity index (χ2v) is 8.49. The predicted octanol–water partition coefficient (Wildman–Crippen LogP) is 2.53. The van der Waals surface area contributed by atoms with Gasteiger partial charge in [-0.3, -0.25) is 24.6 Å². The summed E-state index contributed by atoms with van der Waals surface area (Å²) in [7, 11) is 0. The molecule has 2 aromatic rings. The molecule has 4 amide bonds. The molecule has 1 saturated heterocycles. The number of nitro groups is 1. The molecule has 1 aliphatic heterocycles. The summed E-state index contributed by atoms with van der Waals surface area (Å²) in [5.41, 5.74) is 0.169. The number of aryl methyl sites for hydroxylation is 1. The summed E-state index contributed by atoms with van der Waals surface area (Å²) >= 11 is 0. The second-order valence-electron chi connectivity index (χ2n) is 8.49. The van der Waals surface area contributed by atoms with Crippen molar-refractivity contribution in [3.8, 4) is 5.69 Å². The molecule has 1 spiro atoms. The first kappa shape index (κ1) is 21.5. The van der Waals surface area contributed by atoms with Crippen molar-refractivity contribution in [2.45, 2.75) is 45.1 Å². The summed E-state index contributed by atoms with van der Waals surface area (Å²) in [5, 5.41) is 20.7. The summed E-state index contributed by atoms with van der Waals surface area (Å²) in [6.45, 7) is 3.45. The molecule has 1 aromatic heterocycles. The van der Waals surface area contributed by atoms with Gasteiger partial charge in [0.05, 0.1) is 16.3 Å². The van der Waals surface area contributed by atoms with E-state index in [-0.39, 0.29) is 11.6 Å². The van der Waals surface area contributed by atoms with Crippen LogP contribution in [0.15, 0.2) is 30.3 Å². The van der Waals surface area contributed by atoms with Crippen LogP contribution >= 0.6 is 0 Å². The first-order chi connectivity index (χ1) is 15.2. The molecule has 2 N–H and O–H groups in total. The van der Waals surface area contributed by atoms with Crippen LogP contribution in [0.3, 0.4) is 0 Å². The van der Waals surface area contributed by atoms with Crippen LogP contribution in [0.25, 0.3) is 5.69 Å². The highest BCUT2D eigenvalue weighted by Crippen LogP contribution is 2.36. The van der Waals surface area contributed by atoms with E-state index in [0.29, 0.717) is 36.0 Å². The number of hydrogen-bond acceptors (Lipinski definition) is 6. The molecule has 168 valence electrons. The van der Waals surface area contributed by atoms with E-state index in [4.69, 9.17) is 0 Å². The molecule has 0 unspecified atom stereocenters. The number of benzene rings is 1. The molecule has 11 nitrogen and oxygen atoms in total. The number of imide groups is 1. The molecule has 0 bridgehead atoms. The van der Waals surface area contributed by atoms with Crippen LogP contribution in [-0.2, 0) is 9.59 Å². The standard InChI is InChI=1S/C21H24N6O5/c1-13-7-9-21(10-8-13)19(29)25(20(30)23-21)12-18(28)22-17-11-14(2)24-26(17)15-3-5-16(6-4-15)27(31)32/h3-6,11,13H,7-10,12H2,1-2H3,(H,22,28)(H,23,30). The topological polar surface area (TPSA) is 139 Å². The monoisotopic (exact) mass is 440 g/mol. The Morgan fingerprint density at radius 2 is 1.94 bits per heavy atom. The molecule has 0 atom stereocenters. The van der Waals surface area contributed by atoms with Crippen LogP contribution in [0.1, 0.15) is 38.3 Å². The number of anilines is 1. The number of amides is 4. The van der Waals surface area contributed by atoms with E-state index in [1.807, 2.05) is 0 Å². The lowest BCUT2D eigenvalue weighted by Crippen LogP contribution is -2.49. The fourth-order valence-corrected chi connectivity index (χ4v) is 4.24. The van der Waals surface area contributed by atoms with Crippen LogP contribution in [0.5, 0.6) is 0 Å². The Morgan fingerprint density at radius 1 is 1.28 bits per heavy atom. The number of non-ortho nitro benzene ring substituents is 1. The number of urea groups is 1. The third-order valence-electron chi connectivity index (χ3n) is 6.08. The van der Waals surface area contributed by atoms with Gasteiger partial charge in [-0.2, -0.15) is 5.10 Å². The fourth-order valence-electron chi connectivity index (χ4n) is 4.24. The Morgan fingerprint density at radius 3 is 2.56 bits per heavy atom. The molecule has 1 saturated carbocycles. The van der Waals surface area contributed by atoms with Gasteiger partial charge in [-0.25, -0.2) is 9.48 Å². The van der Waals surface area contributed by atoms with E-state index in [1.54, 1.807) is 13.0 Å². The van der Waals surface area contributed by atoms with Gasteiger partial charge >= 0.3 is 6.03 Å². The number of carbonyl (C=O) groups excluding carboxylic acids is 3. The molecule has 2 aliphatic rings. The molecule has 1 aliphatic carbocycles. The van der Waals surface area contributed by atoms with Gasteiger partial charge in [0.25, 0.3) is 11.6 Å². The van der Waals surface area contributed by atoms with Crippen molar-refractivity contribution < 1.29 is 19.3 Å². The summed E-state index contributed by atoms with van der Waals surface area (Å²) < 4.78 is 1.44. The van der Waals surface area contributed by atoms with Crippen LogP contribution in [0.2, 0.25) is 0 Å². The van der Waals surface area contributed by atoms with Crippen molar-refractivity contribution in [3.05, 3.63) is 46.1 Å². The minimum absolute atomic E-state index is 0.0622. The lowest BCUT2D eigenvalue weighted by Gasteiger charge is -2.33. The van der Waals surface area contributed by atoms with E-state index in [0.717, 1.165) is 17.7 Å². The van der Waals surface area contributed by atoms with E-state index in [9.17, 15) is 24.5 Å². The Hall–Kier alpha value is -3.76. The molecule has 0 radical (unpaired) electrons. The number of nitrogens with one attached hydrogen (secondary N) is 2. The average Bonchev–Trinajstić information content (AvgIpc) is 3.22. The van der Waals surface area contributed by atoms with Crippen LogP contribution < -0.4 is 10.6 Å². The predicted molar refractivity (Wildman–Crippen MR) is 114 cm³/mol. The zero-order chi connectivity index (χ0) is 23.0. The van der Waals surface area contributed by atoms with Gasteiger partial charge in [-0.15, -0.1) is 0 Å². The van der Waals surface area contributed by atoms with Crippen molar-refractivity contribution >= 4 is 29.4 Å². The van der Waals surface area contributed by atoms with E-state index < -0.39 is 28.9 Å². The van der Waals surface area contributed by atoms with Crippen molar-refractivity contribution in [1.29, 1.82) is 0 Å². The Balaban J connectivity index is 1.47. The van der Waals surface area contributed by atoms with E-state index >= 15 is 0 Å². The third-order valence-corrected chi connectivity index (χ3v) is 6.08. The lowest BCUT2D eigenvalue weighted by atomic mass is 9.77. The highest BCUT2D eigenvalue weighted by molar-refractivity contribution is 6.10. The van der Waals surface area contributed by atoms with Gasteiger partial charge in [0.2, 0.25) is 5.91 Å². The Kier molecular flexibility index (Phi) is 5.41. The van der Waals surface area contributed by atoms with Crippen molar-refractivity contribution in [3.63, 3.8) is 0 Å². The summed E-state index contributed by atoms with van der Waals surface area (Å²) in [6.07, 6.45) is 2.84. The zero-order valence-electron chi connectivity index (χ0n) is 17.8. The van der Waals surface area contributed by atoms with E-state index in [2.05, 4.69) is 22.7 Å². The fraction of sp³-hybridized carbons (Fsp3) is 0.429. The van der Waals surface area contributed by atoms with Crippen LogP contribution in [0.4, 0.5) is 16.3 Å². The van der Waals surface area contributed by atoms with Crippen molar-refractivity contribution in [1.82, 2.24) is 20.0 Å². The average molecular weight is 440 g/mol. The summed E-state index contributed by atoms with van der Waals surface area (Å²) in [4.78, 5) is 49.4. The number of nitro benzene ring substituents is 1. The van der Waals surface area contributed by atoms with Gasteiger partial charge in [-0.1, -0.05) is 6.92 Å². The number of hydrogen-bond donors (Lipinski definition) is 2. The number of aromatic nitrogens is 2. The van der Waals surface area contributed by atoms with Gasteiger partial charge in [-0.05, 0) is 50.7 Å². The minimum atomic E-state index is -0.902. The number of nitrogens with zero attached hydrogens (tertiary/aromatic N) is 4. The number of carbonyl (C=O) groups is 3. The zero-order valence-corrected chi connectivity index (χ0v) is 17.8. The SMILES string of the molecule is Cc1cc(NC(=O)CN2C(=O)NC3(CCC(C)CC3)C2=O)n(-c2ccc([N+](=O)[O-])cc2)n1. The van der Waals surface area contributed by atoms with Crippen molar-refractivity contribution in [2.24, 2.45) is 5.92 Å². The third kappa shape index (κ3) is 3.93. The highest BCUT2D eigenvalue weighted by atomic mass is 16.6. The molecule has 2 fully saturated rings. The second kappa shape index (κ2) is 8.06. The van der Waals surface area contributed by atoms with Crippen LogP contribution in [-0.4, -0.2) is 49.5 Å². The van der Waals surface area contributed by atoms with E-state index in [1.165, 1.54) is 28.9 Å². The molecule has 4 rings (SSSR count). The smallest absolute Gasteiger partial charge is 0.323 e. The normalized spacial score (nSPS) is 22.8. The molecule has 11 heteroatoms. The Labute approximate surface area is 183 Å². The van der Waals surface area contributed by atoms with Gasteiger partial charge in [0, 0.05) is 18.2 Å². The quantitative estimate of drug-likeness (QED) is 0.416. The molecule has 32 heavy (non-hydrogen) atoms. The maximum absolute atomic E-state index is 13.0. The maximum Gasteiger partial charge on any atom is 0.325 e. The largest absolute Gasteiger partial charge is 0.325 e. The minimum Gasteiger partial charge on any atom is -0.323 e. The highest BCUT2D eigenvalue weighted by Gasteiger charge is 2.52.